The molecule has 0 amide bonds. The molecule has 0 aliphatic carbocycles. The van der Waals surface area contributed by atoms with Gasteiger partial charge in [-0.25, -0.2) is 0 Å². The summed E-state index contributed by atoms with van der Waals surface area (Å²) < 4.78 is 6.50. The summed E-state index contributed by atoms with van der Waals surface area (Å²) >= 11 is 0. The minimum absolute atomic E-state index is 0.930. The highest BCUT2D eigenvalue weighted by Crippen LogP contribution is 2.42. The third kappa shape index (κ3) is 3.68. The van der Waals surface area contributed by atoms with Gasteiger partial charge in [0.05, 0.1) is 0 Å². The number of benzene rings is 9. The average Bonchev–Trinajstić information content (AvgIpc) is 3.49. The average molecular weight is 571 g/mol. The second kappa shape index (κ2) is 9.29. The predicted octanol–water partition coefficient (Wildman–Crippen LogP) is 12.7. The van der Waals surface area contributed by atoms with Crippen LogP contribution in [0, 0.1) is 0 Å². The number of hydrogen-bond acceptors (Lipinski definition) is 1. The zero-order valence-electron chi connectivity index (χ0n) is 24.4. The molecule has 0 spiro atoms. The zero-order valence-corrected chi connectivity index (χ0v) is 24.4. The first-order valence-electron chi connectivity index (χ1n) is 15.5. The number of rotatable bonds is 2. The van der Waals surface area contributed by atoms with E-state index >= 15 is 0 Å². The number of furan rings is 1. The smallest absolute Gasteiger partial charge is 0.136 e. The van der Waals surface area contributed by atoms with Gasteiger partial charge in [0.25, 0.3) is 0 Å². The molecule has 9 aromatic carbocycles. The van der Waals surface area contributed by atoms with Crippen LogP contribution in [-0.2, 0) is 0 Å². The van der Waals surface area contributed by atoms with Gasteiger partial charge < -0.3 is 4.42 Å². The summed E-state index contributed by atoms with van der Waals surface area (Å²) in [6.45, 7) is 0. The van der Waals surface area contributed by atoms with Crippen LogP contribution >= 0.6 is 0 Å². The molecular weight excluding hydrogens is 544 g/mol. The maximum Gasteiger partial charge on any atom is 0.136 e. The molecule has 0 N–H and O–H groups in total. The van der Waals surface area contributed by atoms with E-state index in [1.165, 1.54) is 86.9 Å². The van der Waals surface area contributed by atoms with Gasteiger partial charge in [-0.05, 0) is 113 Å². The van der Waals surface area contributed by atoms with E-state index in [9.17, 15) is 0 Å². The van der Waals surface area contributed by atoms with E-state index in [0.29, 0.717) is 0 Å². The summed E-state index contributed by atoms with van der Waals surface area (Å²) in [7, 11) is 0. The topological polar surface area (TPSA) is 13.1 Å². The molecule has 1 heteroatoms. The van der Waals surface area contributed by atoms with Crippen molar-refractivity contribution in [1.82, 2.24) is 0 Å². The fourth-order valence-electron chi connectivity index (χ4n) is 7.41. The molecule has 1 aromatic heterocycles. The molecule has 0 unspecified atom stereocenters. The van der Waals surface area contributed by atoms with Crippen LogP contribution in [0.5, 0.6) is 0 Å². The lowest BCUT2D eigenvalue weighted by atomic mass is 9.90. The van der Waals surface area contributed by atoms with Crippen LogP contribution in [0.3, 0.4) is 0 Å². The summed E-state index contributed by atoms with van der Waals surface area (Å²) in [4.78, 5) is 0. The SMILES string of the molecule is c1ccc(-c2ccc3cc(-c4ccc5c(c4)c4ccccc4c4cc6c(cc54)oc4ccc5ccccc5c46)ccc3c2)cc1. The lowest BCUT2D eigenvalue weighted by Gasteiger charge is -2.13. The van der Waals surface area contributed by atoms with Crippen molar-refractivity contribution in [1.29, 1.82) is 0 Å². The highest BCUT2D eigenvalue weighted by Gasteiger charge is 2.16. The van der Waals surface area contributed by atoms with Crippen LogP contribution in [0.25, 0.3) is 98.1 Å². The van der Waals surface area contributed by atoms with Crippen molar-refractivity contribution in [2.45, 2.75) is 0 Å². The van der Waals surface area contributed by atoms with Gasteiger partial charge in [0.15, 0.2) is 0 Å². The normalized spacial score (nSPS) is 12.0. The molecule has 0 atom stereocenters. The molecule has 45 heavy (non-hydrogen) atoms. The Kier molecular flexibility index (Phi) is 5.06. The first kappa shape index (κ1) is 24.5. The molecule has 10 aromatic rings. The summed E-state index contributed by atoms with van der Waals surface area (Å²) in [6.07, 6.45) is 0. The first-order valence-corrected chi connectivity index (χ1v) is 15.5. The van der Waals surface area contributed by atoms with E-state index in [4.69, 9.17) is 4.42 Å². The minimum Gasteiger partial charge on any atom is -0.456 e. The second-order valence-electron chi connectivity index (χ2n) is 12.1. The molecule has 1 nitrogen and oxygen atoms in total. The van der Waals surface area contributed by atoms with E-state index in [0.717, 1.165) is 11.2 Å². The maximum atomic E-state index is 6.50. The van der Waals surface area contributed by atoms with Crippen LogP contribution in [0.2, 0.25) is 0 Å². The van der Waals surface area contributed by atoms with Gasteiger partial charge in [-0.2, -0.15) is 0 Å². The lowest BCUT2D eigenvalue weighted by molar-refractivity contribution is 0.670. The molecular formula is C44H26O. The Morgan fingerprint density at radius 1 is 0.267 bits per heavy atom. The summed E-state index contributed by atoms with van der Waals surface area (Å²) in [6, 6.07) is 57.4. The van der Waals surface area contributed by atoms with Crippen LogP contribution < -0.4 is 0 Å². The van der Waals surface area contributed by atoms with Crippen molar-refractivity contribution in [3.05, 3.63) is 158 Å². The Labute approximate surface area is 259 Å². The molecule has 1 heterocycles. The van der Waals surface area contributed by atoms with E-state index in [2.05, 4.69) is 158 Å². The quantitative estimate of drug-likeness (QED) is 0.188. The van der Waals surface area contributed by atoms with Crippen molar-refractivity contribution < 1.29 is 4.42 Å². The third-order valence-electron chi connectivity index (χ3n) is 9.60. The van der Waals surface area contributed by atoms with Crippen molar-refractivity contribution in [3.8, 4) is 22.3 Å². The minimum atomic E-state index is 0.930. The molecule has 10 rings (SSSR count). The Morgan fingerprint density at radius 3 is 1.60 bits per heavy atom. The largest absolute Gasteiger partial charge is 0.456 e. The number of hydrogen-bond donors (Lipinski definition) is 0. The van der Waals surface area contributed by atoms with Gasteiger partial charge in [0.1, 0.15) is 11.2 Å². The summed E-state index contributed by atoms with van der Waals surface area (Å²) in [5.74, 6) is 0. The van der Waals surface area contributed by atoms with Crippen molar-refractivity contribution in [2.75, 3.05) is 0 Å². The van der Waals surface area contributed by atoms with Gasteiger partial charge in [0.2, 0.25) is 0 Å². The Hall–Kier alpha value is -5.92. The number of fused-ring (bicyclic) bond motifs is 12. The van der Waals surface area contributed by atoms with Gasteiger partial charge >= 0.3 is 0 Å². The standard InChI is InChI=1S/C44H26O/c1-2-8-27(9-3-1)29-14-15-31-23-32(17-16-30(31)22-29)33-18-20-37-38(24-33)35-12-6-7-13-36(35)39-25-41-43(26-40(37)39)45-42-21-19-28-10-4-5-11-34(28)44(41)42/h1-26H. The lowest BCUT2D eigenvalue weighted by Crippen LogP contribution is -1.86. The van der Waals surface area contributed by atoms with Crippen LogP contribution in [-0.4, -0.2) is 0 Å². The highest BCUT2D eigenvalue weighted by molar-refractivity contribution is 6.30. The molecule has 0 fully saturated rings. The van der Waals surface area contributed by atoms with Crippen molar-refractivity contribution in [3.63, 3.8) is 0 Å². The second-order valence-corrected chi connectivity index (χ2v) is 12.1. The predicted molar refractivity (Wildman–Crippen MR) is 192 cm³/mol. The fourth-order valence-corrected chi connectivity index (χ4v) is 7.41. The molecule has 0 bridgehead atoms. The zero-order chi connectivity index (χ0) is 29.5. The Balaban J connectivity index is 1.19. The highest BCUT2D eigenvalue weighted by atomic mass is 16.3. The fraction of sp³-hybridized carbons (Fsp3) is 0. The van der Waals surface area contributed by atoms with Gasteiger partial charge in [0, 0.05) is 10.8 Å². The van der Waals surface area contributed by atoms with Gasteiger partial charge in [-0.15, -0.1) is 0 Å². The molecule has 0 saturated heterocycles. The van der Waals surface area contributed by atoms with E-state index in [-0.39, 0.29) is 0 Å². The van der Waals surface area contributed by atoms with E-state index < -0.39 is 0 Å². The monoisotopic (exact) mass is 570 g/mol. The Bertz CT molecular complexity index is 2800. The van der Waals surface area contributed by atoms with E-state index in [1.54, 1.807) is 0 Å². The third-order valence-corrected chi connectivity index (χ3v) is 9.60. The van der Waals surface area contributed by atoms with Crippen LogP contribution in [0.4, 0.5) is 0 Å². The van der Waals surface area contributed by atoms with Crippen LogP contribution in [0.15, 0.2) is 162 Å². The van der Waals surface area contributed by atoms with Crippen molar-refractivity contribution >= 4 is 75.8 Å². The van der Waals surface area contributed by atoms with Gasteiger partial charge in [-0.1, -0.05) is 121 Å². The van der Waals surface area contributed by atoms with Crippen LogP contribution in [0.1, 0.15) is 0 Å². The summed E-state index contributed by atoms with van der Waals surface area (Å²) in [5.41, 5.74) is 6.79. The molecule has 0 aliphatic rings. The maximum absolute atomic E-state index is 6.50. The summed E-state index contributed by atoms with van der Waals surface area (Å²) in [5, 5.41) is 14.8. The van der Waals surface area contributed by atoms with Crippen molar-refractivity contribution in [2.24, 2.45) is 0 Å². The molecule has 0 radical (unpaired) electrons. The first-order chi connectivity index (χ1) is 22.3. The van der Waals surface area contributed by atoms with Gasteiger partial charge in [-0.3, -0.25) is 0 Å². The van der Waals surface area contributed by atoms with E-state index in [1.807, 2.05) is 0 Å². The molecule has 0 aliphatic heterocycles. The Morgan fingerprint density at radius 2 is 0.822 bits per heavy atom. The molecule has 0 saturated carbocycles. The molecule has 208 valence electrons.